The lowest BCUT2D eigenvalue weighted by atomic mass is 10.3. The fraction of sp³-hybridized carbons (Fsp3) is 0.524. The van der Waals surface area contributed by atoms with Crippen LogP contribution in [-0.4, -0.2) is 51.5 Å². The van der Waals surface area contributed by atoms with Crippen LogP contribution in [0.15, 0.2) is 27.6 Å². The van der Waals surface area contributed by atoms with Crippen molar-refractivity contribution < 1.29 is 22.5 Å². The predicted octanol–water partition coefficient (Wildman–Crippen LogP) is 3.02. The van der Waals surface area contributed by atoms with Gasteiger partial charge in [-0.3, -0.25) is 4.79 Å². The van der Waals surface area contributed by atoms with Gasteiger partial charge in [-0.1, -0.05) is 19.0 Å². The Morgan fingerprint density at radius 1 is 1.22 bits per heavy atom. The molecule has 32 heavy (non-hydrogen) atoms. The molecule has 0 fully saturated rings. The number of benzene rings is 1. The zero-order chi connectivity index (χ0) is 23.5. The maximum Gasteiger partial charge on any atom is 0.307 e. The van der Waals surface area contributed by atoms with Crippen LogP contribution in [0.4, 0.5) is 0 Å². The van der Waals surface area contributed by atoms with Crippen LogP contribution in [-0.2, 0) is 32.5 Å². The lowest BCUT2D eigenvalue weighted by molar-refractivity contribution is -0.149. The Kier molecular flexibility index (Phi) is 7.29. The largest absolute Gasteiger partial charge is 0.453 e. The molecule has 1 atom stereocenters. The highest BCUT2D eigenvalue weighted by atomic mass is 32.2. The maximum absolute atomic E-state index is 12.8. The van der Waals surface area contributed by atoms with Crippen LogP contribution in [0, 0.1) is 6.92 Å². The molecule has 0 radical (unpaired) electrons. The molecule has 2 heterocycles. The van der Waals surface area contributed by atoms with Gasteiger partial charge in [-0.25, -0.2) is 13.4 Å². The van der Waals surface area contributed by atoms with Crippen molar-refractivity contribution in [1.29, 1.82) is 0 Å². The number of fused-ring (bicyclic) bond motifs is 1. The van der Waals surface area contributed by atoms with Gasteiger partial charge in [-0.15, -0.1) is 0 Å². The van der Waals surface area contributed by atoms with E-state index in [1.807, 2.05) is 25.3 Å². The van der Waals surface area contributed by atoms with E-state index in [2.05, 4.69) is 15.1 Å². The van der Waals surface area contributed by atoms with Crippen molar-refractivity contribution in [3.8, 4) is 0 Å². The molecule has 0 saturated heterocycles. The van der Waals surface area contributed by atoms with Gasteiger partial charge in [0.25, 0.3) is 5.89 Å². The van der Waals surface area contributed by atoms with Gasteiger partial charge in [0.15, 0.2) is 11.9 Å². The number of carbonyl (C=O) groups is 1. The lowest BCUT2D eigenvalue weighted by Gasteiger charge is -2.18. The van der Waals surface area contributed by atoms with Crippen molar-refractivity contribution in [3.63, 3.8) is 0 Å². The van der Waals surface area contributed by atoms with Gasteiger partial charge in [0, 0.05) is 26.1 Å². The first-order valence-electron chi connectivity index (χ1n) is 10.7. The van der Waals surface area contributed by atoms with Crippen LogP contribution in [0.25, 0.3) is 11.0 Å². The van der Waals surface area contributed by atoms with Crippen molar-refractivity contribution in [2.75, 3.05) is 13.1 Å². The quantitative estimate of drug-likeness (QED) is 0.421. The van der Waals surface area contributed by atoms with E-state index in [9.17, 15) is 13.2 Å². The molecule has 0 aliphatic rings. The molecule has 1 unspecified atom stereocenters. The Morgan fingerprint density at radius 3 is 2.53 bits per heavy atom. The molecule has 0 aliphatic carbocycles. The summed E-state index contributed by atoms with van der Waals surface area (Å²) in [5.74, 6) is 1.01. The van der Waals surface area contributed by atoms with E-state index in [1.165, 1.54) is 4.31 Å². The minimum Gasteiger partial charge on any atom is -0.453 e. The fourth-order valence-electron chi connectivity index (χ4n) is 3.57. The smallest absolute Gasteiger partial charge is 0.307 e. The molecule has 174 valence electrons. The van der Waals surface area contributed by atoms with Gasteiger partial charge >= 0.3 is 5.97 Å². The molecule has 3 aromatic rings. The first-order valence-corrected chi connectivity index (χ1v) is 12.1. The van der Waals surface area contributed by atoms with Gasteiger partial charge in [0.1, 0.15) is 5.82 Å². The van der Waals surface area contributed by atoms with Gasteiger partial charge in [-0.05, 0) is 39.0 Å². The molecule has 0 amide bonds. The Bertz CT molecular complexity index is 1200. The summed E-state index contributed by atoms with van der Waals surface area (Å²) in [6.07, 6.45) is -0.165. The van der Waals surface area contributed by atoms with E-state index in [1.54, 1.807) is 32.0 Å². The number of nitrogens with zero attached hydrogens (tertiary/aromatic N) is 5. The molecule has 0 bridgehead atoms. The van der Waals surface area contributed by atoms with Crippen LogP contribution >= 0.6 is 0 Å². The number of carbonyl (C=O) groups excluding carboxylic acids is 1. The molecule has 2 aromatic heterocycles. The third kappa shape index (κ3) is 4.83. The lowest BCUT2D eigenvalue weighted by Crippen LogP contribution is -2.30. The van der Waals surface area contributed by atoms with E-state index in [-0.39, 0.29) is 17.2 Å². The number of sulfonamides is 1. The second-order valence-electron chi connectivity index (χ2n) is 7.32. The summed E-state index contributed by atoms with van der Waals surface area (Å²) in [5, 5.41) is 3.69. The van der Waals surface area contributed by atoms with Gasteiger partial charge in [0.05, 0.1) is 22.3 Å². The van der Waals surface area contributed by atoms with E-state index in [4.69, 9.17) is 9.26 Å². The van der Waals surface area contributed by atoms with Gasteiger partial charge in [0.2, 0.25) is 10.0 Å². The third-order valence-electron chi connectivity index (χ3n) is 5.21. The van der Waals surface area contributed by atoms with Crippen LogP contribution in [0.3, 0.4) is 0 Å². The van der Waals surface area contributed by atoms with Crippen LogP contribution in [0.5, 0.6) is 0 Å². The van der Waals surface area contributed by atoms with Crippen LogP contribution in [0.2, 0.25) is 0 Å². The van der Waals surface area contributed by atoms with E-state index >= 15 is 0 Å². The van der Waals surface area contributed by atoms with Crippen molar-refractivity contribution >= 4 is 27.0 Å². The third-order valence-corrected chi connectivity index (χ3v) is 7.26. The van der Waals surface area contributed by atoms with E-state index < -0.39 is 22.1 Å². The van der Waals surface area contributed by atoms with Crippen molar-refractivity contribution in [3.05, 3.63) is 35.7 Å². The minimum atomic E-state index is -3.58. The Labute approximate surface area is 187 Å². The number of rotatable bonds is 10. The highest BCUT2D eigenvalue weighted by molar-refractivity contribution is 7.89. The number of esters is 1. The summed E-state index contributed by atoms with van der Waals surface area (Å²) in [5.41, 5.74) is 1.40. The van der Waals surface area contributed by atoms with Crippen molar-refractivity contribution in [1.82, 2.24) is 24.0 Å². The normalized spacial score (nSPS) is 13.1. The second-order valence-corrected chi connectivity index (χ2v) is 9.26. The molecule has 0 spiro atoms. The molecular formula is C21H29N5O5S. The Hall–Kier alpha value is -2.79. The number of aromatic nitrogens is 4. The van der Waals surface area contributed by atoms with Crippen molar-refractivity contribution in [2.45, 2.75) is 65.0 Å². The first kappa shape index (κ1) is 23.9. The topological polar surface area (TPSA) is 120 Å². The van der Waals surface area contributed by atoms with Gasteiger partial charge < -0.3 is 13.8 Å². The molecular weight excluding hydrogens is 434 g/mol. The second kappa shape index (κ2) is 9.78. The molecule has 0 aliphatic heterocycles. The number of ether oxygens (including phenoxy) is 1. The SMILES string of the molecule is CCN(CC)S(=O)(=O)c1ccc2c(c1)nc(CCC(=O)OC(C)c1nc(C)no1)n2CC. The zero-order valence-corrected chi connectivity index (χ0v) is 19.8. The summed E-state index contributed by atoms with van der Waals surface area (Å²) in [4.78, 5) is 21.2. The maximum atomic E-state index is 12.8. The fourth-order valence-corrected chi connectivity index (χ4v) is 5.05. The number of hydrogen-bond acceptors (Lipinski definition) is 8. The van der Waals surface area contributed by atoms with Gasteiger partial charge in [-0.2, -0.15) is 9.29 Å². The van der Waals surface area contributed by atoms with Crippen molar-refractivity contribution in [2.24, 2.45) is 0 Å². The number of imidazole rings is 1. The van der Waals surface area contributed by atoms with E-state index in [0.717, 1.165) is 5.52 Å². The molecule has 10 nitrogen and oxygen atoms in total. The molecule has 0 saturated carbocycles. The minimum absolute atomic E-state index is 0.116. The first-order chi connectivity index (χ1) is 15.2. The van der Waals surface area contributed by atoms with Crippen LogP contribution in [0.1, 0.15) is 57.8 Å². The summed E-state index contributed by atoms with van der Waals surface area (Å²) in [6, 6.07) is 4.97. The zero-order valence-electron chi connectivity index (χ0n) is 19.0. The number of hydrogen-bond donors (Lipinski definition) is 0. The predicted molar refractivity (Wildman–Crippen MR) is 117 cm³/mol. The average Bonchev–Trinajstić information content (AvgIpc) is 3.35. The molecule has 3 rings (SSSR count). The van der Waals surface area contributed by atoms with E-state index in [0.29, 0.717) is 43.2 Å². The highest BCUT2D eigenvalue weighted by Gasteiger charge is 2.23. The highest BCUT2D eigenvalue weighted by Crippen LogP contribution is 2.24. The summed E-state index contributed by atoms with van der Waals surface area (Å²) in [7, 11) is -3.58. The molecule has 1 aromatic carbocycles. The standard InChI is InChI=1S/C21H29N5O5S/c1-6-25(7-2)32(28,29)16-9-10-18-17(13-16)23-19(26(18)8-3)11-12-20(27)30-14(4)21-22-15(5)24-31-21/h9-10,13-14H,6-8,11-12H2,1-5H3. The summed E-state index contributed by atoms with van der Waals surface area (Å²) in [6.45, 7) is 10.4. The number of aryl methyl sites for hydroxylation is 3. The average molecular weight is 464 g/mol. The summed E-state index contributed by atoms with van der Waals surface area (Å²) < 4.78 is 39.5. The Morgan fingerprint density at radius 2 is 1.94 bits per heavy atom. The van der Waals surface area contributed by atoms with Crippen LogP contribution < -0.4 is 0 Å². The summed E-state index contributed by atoms with van der Waals surface area (Å²) >= 11 is 0. The molecule has 0 N–H and O–H groups in total. The monoisotopic (exact) mass is 463 g/mol. The Balaban J connectivity index is 1.77. The molecule has 11 heteroatoms.